The molecule has 0 aromatic heterocycles. The van der Waals surface area contributed by atoms with Crippen molar-refractivity contribution in [3.63, 3.8) is 0 Å². The third-order valence-corrected chi connectivity index (χ3v) is 2.67. The molecule has 0 bridgehead atoms. The van der Waals surface area contributed by atoms with Crippen LogP contribution in [0, 0.1) is 0 Å². The van der Waals surface area contributed by atoms with E-state index in [-0.39, 0.29) is 24.8 Å². The molecule has 1 aromatic rings. The molecule has 92 valence electrons. The molecule has 0 aliphatic carbocycles. The van der Waals surface area contributed by atoms with Crippen molar-refractivity contribution in [1.29, 1.82) is 0 Å². The number of nitrogens with zero attached hydrogens (tertiary/aromatic N) is 1. The van der Waals surface area contributed by atoms with Crippen LogP contribution in [0.15, 0.2) is 22.2 Å². The fourth-order valence-corrected chi connectivity index (χ4v) is 1.89. The van der Waals surface area contributed by atoms with Crippen molar-refractivity contribution in [2.24, 2.45) is 3.96 Å². The third kappa shape index (κ3) is 4.18. The van der Waals surface area contributed by atoms with Crippen LogP contribution in [0.3, 0.4) is 0 Å². The summed E-state index contributed by atoms with van der Waals surface area (Å²) >= 11 is 3.67. The minimum absolute atomic E-state index is 0. The summed E-state index contributed by atoms with van der Waals surface area (Å²) in [5.74, 6) is 1.02. The van der Waals surface area contributed by atoms with Crippen LogP contribution in [-0.2, 0) is 15.8 Å². The van der Waals surface area contributed by atoms with Gasteiger partial charge in [0, 0.05) is 0 Å². The average Bonchev–Trinajstić information content (AvgIpc) is 2.16. The molecule has 0 fully saturated rings. The van der Waals surface area contributed by atoms with Gasteiger partial charge in [0.05, 0.1) is 0 Å². The van der Waals surface area contributed by atoms with Crippen LogP contribution in [0.5, 0.6) is 0 Å². The van der Waals surface area contributed by atoms with E-state index in [1.54, 1.807) is 0 Å². The summed E-state index contributed by atoms with van der Waals surface area (Å²) < 4.78 is 4.16. The van der Waals surface area contributed by atoms with Gasteiger partial charge in [-0.25, -0.2) is 0 Å². The Bertz CT molecular complexity index is 312. The SMILES string of the molecule is CC(C)c1cccc(C(C)C)c1[N]=[Fe+2].[Cl-].[Cl-]. The second-order valence-electron chi connectivity index (χ2n) is 4.17. The Morgan fingerprint density at radius 2 is 1.31 bits per heavy atom. The smallest absolute Gasteiger partial charge is 1.00 e. The van der Waals surface area contributed by atoms with Gasteiger partial charge in [0.2, 0.25) is 0 Å². The molecular weight excluding hydrogens is 285 g/mol. The monoisotopic (exact) mass is 301 g/mol. The first kappa shape index (κ1) is 18.5. The van der Waals surface area contributed by atoms with Crippen LogP contribution in [0.4, 0.5) is 5.69 Å². The Morgan fingerprint density at radius 1 is 0.938 bits per heavy atom. The molecule has 1 nitrogen and oxygen atoms in total. The fourth-order valence-electron chi connectivity index (χ4n) is 1.60. The van der Waals surface area contributed by atoms with E-state index < -0.39 is 0 Å². The van der Waals surface area contributed by atoms with Gasteiger partial charge in [-0.1, -0.05) is 0 Å². The van der Waals surface area contributed by atoms with Crippen LogP contribution in [0.1, 0.15) is 50.7 Å². The van der Waals surface area contributed by atoms with Gasteiger partial charge in [0.15, 0.2) is 0 Å². The van der Waals surface area contributed by atoms with E-state index in [1.165, 1.54) is 11.1 Å². The molecule has 0 heterocycles. The molecule has 4 heteroatoms. The van der Waals surface area contributed by atoms with Crippen molar-refractivity contribution in [2.75, 3.05) is 0 Å². The molecular formula is C12H17Cl2FeN. The van der Waals surface area contributed by atoms with Gasteiger partial charge in [-0.3, -0.25) is 0 Å². The van der Waals surface area contributed by atoms with E-state index in [2.05, 4.69) is 65.7 Å². The molecule has 0 amide bonds. The summed E-state index contributed by atoms with van der Waals surface area (Å²) in [4.78, 5) is 0. The molecule has 0 aliphatic heterocycles. The van der Waals surface area contributed by atoms with Crippen molar-refractivity contribution in [2.45, 2.75) is 39.5 Å². The predicted octanol–water partition coefficient (Wildman–Crippen LogP) is -1.70. The first-order chi connectivity index (χ1) is 6.57. The second-order valence-corrected chi connectivity index (χ2v) is 4.42. The minimum atomic E-state index is 0. The number of hydrogen-bond donors (Lipinski definition) is 0. The number of rotatable bonds is 3. The van der Waals surface area contributed by atoms with Gasteiger partial charge in [0.25, 0.3) is 0 Å². The van der Waals surface area contributed by atoms with E-state index in [9.17, 15) is 0 Å². The van der Waals surface area contributed by atoms with Crippen molar-refractivity contribution in [1.82, 2.24) is 0 Å². The zero-order valence-corrected chi connectivity index (χ0v) is 12.6. The normalized spacial score (nSPS) is 9.62. The molecule has 0 spiro atoms. The molecule has 0 saturated heterocycles. The molecule has 0 aliphatic rings. The topological polar surface area (TPSA) is 12.4 Å². The first-order valence-electron chi connectivity index (χ1n) is 5.01. The van der Waals surface area contributed by atoms with E-state index in [0.717, 1.165) is 5.69 Å². The largest absolute Gasteiger partial charge is 1.00 e. The van der Waals surface area contributed by atoms with Crippen molar-refractivity contribution >= 4 is 5.69 Å². The molecule has 0 radical (unpaired) electrons. The van der Waals surface area contributed by atoms with Gasteiger partial charge >= 0.3 is 94.3 Å². The predicted molar refractivity (Wildman–Crippen MR) is 56.7 cm³/mol. The minimum Gasteiger partial charge on any atom is -1.00 e. The van der Waals surface area contributed by atoms with Crippen molar-refractivity contribution < 1.29 is 40.6 Å². The zero-order valence-electron chi connectivity index (χ0n) is 9.94. The summed E-state index contributed by atoms with van der Waals surface area (Å²) in [6.45, 7) is 8.75. The average molecular weight is 302 g/mol. The van der Waals surface area contributed by atoms with E-state index >= 15 is 0 Å². The van der Waals surface area contributed by atoms with Gasteiger partial charge in [0.1, 0.15) is 0 Å². The maximum absolute atomic E-state index is 4.16. The number of halogens is 2. The fraction of sp³-hybridized carbons (Fsp3) is 0.500. The zero-order chi connectivity index (χ0) is 10.7. The van der Waals surface area contributed by atoms with Gasteiger partial charge < -0.3 is 24.8 Å². The maximum Gasteiger partial charge on any atom is -1.00 e. The summed E-state index contributed by atoms with van der Waals surface area (Å²) in [6, 6.07) is 6.39. The molecule has 0 unspecified atom stereocenters. The number of benzene rings is 1. The van der Waals surface area contributed by atoms with E-state index in [4.69, 9.17) is 0 Å². The molecule has 0 N–H and O–H groups in total. The van der Waals surface area contributed by atoms with Crippen LogP contribution in [0.2, 0.25) is 0 Å². The Morgan fingerprint density at radius 3 is 1.56 bits per heavy atom. The molecule has 1 aromatic carbocycles. The molecule has 0 saturated carbocycles. The first-order valence-corrected chi connectivity index (χ1v) is 5.51. The summed E-state index contributed by atoms with van der Waals surface area (Å²) in [5, 5.41) is 0. The Balaban J connectivity index is 0. The third-order valence-electron chi connectivity index (χ3n) is 2.42. The van der Waals surface area contributed by atoms with Crippen LogP contribution >= 0.6 is 0 Å². The maximum atomic E-state index is 4.16. The summed E-state index contributed by atoms with van der Waals surface area (Å²) in [7, 11) is 0. The quantitative estimate of drug-likeness (QED) is 0.591. The van der Waals surface area contributed by atoms with Gasteiger partial charge in [-0.05, 0) is 0 Å². The van der Waals surface area contributed by atoms with Crippen LogP contribution < -0.4 is 24.8 Å². The van der Waals surface area contributed by atoms with E-state index in [1.807, 2.05) is 0 Å². The van der Waals surface area contributed by atoms with Gasteiger partial charge in [-0.15, -0.1) is 0 Å². The van der Waals surface area contributed by atoms with Gasteiger partial charge in [-0.2, -0.15) is 0 Å². The molecule has 0 atom stereocenters. The van der Waals surface area contributed by atoms with Crippen LogP contribution in [-0.4, -0.2) is 0 Å². The van der Waals surface area contributed by atoms with E-state index in [0.29, 0.717) is 11.8 Å². The Labute approximate surface area is 119 Å². The van der Waals surface area contributed by atoms with Crippen molar-refractivity contribution in [3.8, 4) is 0 Å². The van der Waals surface area contributed by atoms with Crippen molar-refractivity contribution in [3.05, 3.63) is 29.3 Å². The molecule has 16 heavy (non-hydrogen) atoms. The standard InChI is InChI=1S/C12H17N.2ClH.Fe/c1-8(2)10-6-5-7-11(9(3)4)12(10)13;;;/h5-9H,1-4H3;2*1H;/q;;;+2/p-2. The summed E-state index contributed by atoms with van der Waals surface area (Å²) in [6.07, 6.45) is 0. The van der Waals surface area contributed by atoms with Crippen LogP contribution in [0.25, 0.3) is 0 Å². The summed E-state index contributed by atoms with van der Waals surface area (Å²) in [5.41, 5.74) is 3.68. The molecule has 1 rings (SSSR count). The second kappa shape index (κ2) is 8.25. The Hall–Kier alpha value is 0.119. The number of hydrogen-bond acceptors (Lipinski definition) is 1. The Kier molecular flexibility index (Phi) is 9.53.